The second-order valence-corrected chi connectivity index (χ2v) is 5.69. The number of hydrogen-bond acceptors (Lipinski definition) is 7. The first-order valence-corrected chi connectivity index (χ1v) is 8.30. The molecule has 0 aliphatic heterocycles. The summed E-state index contributed by atoms with van der Waals surface area (Å²) in [5.74, 6) is 0.135. The van der Waals surface area contributed by atoms with Gasteiger partial charge in [-0.1, -0.05) is 0 Å². The second kappa shape index (κ2) is 9.21. The molecule has 0 aliphatic carbocycles. The molecule has 1 N–H and O–H groups in total. The molecule has 1 amide bonds. The largest absolute Gasteiger partial charge is 0.494 e. The number of rotatable bonds is 8. The number of nitrogens with one attached hydrogen (secondary N) is 1. The first-order valence-electron chi connectivity index (χ1n) is 8.30. The summed E-state index contributed by atoms with van der Waals surface area (Å²) < 4.78 is 5.35. The van der Waals surface area contributed by atoms with Crippen LogP contribution in [-0.2, 0) is 11.2 Å². The molecule has 2 aromatic rings. The molecular weight excluding hydrogens is 368 g/mol. The van der Waals surface area contributed by atoms with E-state index in [0.29, 0.717) is 18.1 Å². The molecule has 2 aromatic carbocycles. The summed E-state index contributed by atoms with van der Waals surface area (Å²) in [5, 5.41) is 25.9. The van der Waals surface area contributed by atoms with E-state index in [1.165, 1.54) is 6.07 Å². The number of hydrazone groups is 1. The third kappa shape index (κ3) is 5.34. The maximum absolute atomic E-state index is 12.1. The maximum atomic E-state index is 12.1. The van der Waals surface area contributed by atoms with E-state index in [4.69, 9.17) is 4.74 Å². The van der Waals surface area contributed by atoms with Crippen LogP contribution in [0, 0.1) is 20.2 Å². The number of ether oxygens (including phenoxy) is 1. The molecule has 10 heteroatoms. The molecule has 146 valence electrons. The van der Waals surface area contributed by atoms with E-state index < -0.39 is 27.1 Å². The average Bonchev–Trinajstić information content (AvgIpc) is 2.67. The maximum Gasteiger partial charge on any atom is 0.279 e. The van der Waals surface area contributed by atoms with Gasteiger partial charge in [0.2, 0.25) is 5.91 Å². The number of hydrogen-bond donors (Lipinski definition) is 1. The lowest BCUT2D eigenvalue weighted by Gasteiger charge is -2.06. The van der Waals surface area contributed by atoms with Crippen LogP contribution in [-0.4, -0.2) is 28.1 Å². The van der Waals surface area contributed by atoms with Crippen LogP contribution < -0.4 is 10.2 Å². The van der Waals surface area contributed by atoms with Gasteiger partial charge in [0, 0.05) is 11.6 Å². The Balaban J connectivity index is 2.08. The number of nitro benzene ring substituents is 2. The van der Waals surface area contributed by atoms with Crippen molar-refractivity contribution in [2.24, 2.45) is 5.10 Å². The Kier molecular flexibility index (Phi) is 6.74. The van der Waals surface area contributed by atoms with E-state index in [-0.39, 0.29) is 12.0 Å². The van der Waals surface area contributed by atoms with Gasteiger partial charge in [-0.05, 0) is 49.7 Å². The minimum Gasteiger partial charge on any atom is -0.494 e. The fourth-order valence-corrected chi connectivity index (χ4v) is 2.37. The fourth-order valence-electron chi connectivity index (χ4n) is 2.37. The van der Waals surface area contributed by atoms with Crippen molar-refractivity contribution >= 4 is 23.0 Å². The molecule has 0 heterocycles. The minimum absolute atomic E-state index is 0.0574. The monoisotopic (exact) mass is 386 g/mol. The highest BCUT2D eigenvalue weighted by Crippen LogP contribution is 2.25. The van der Waals surface area contributed by atoms with E-state index in [1.54, 1.807) is 31.2 Å². The van der Waals surface area contributed by atoms with Gasteiger partial charge in [-0.25, -0.2) is 5.43 Å². The van der Waals surface area contributed by atoms with Crippen LogP contribution >= 0.6 is 0 Å². The zero-order valence-electron chi connectivity index (χ0n) is 15.2. The van der Waals surface area contributed by atoms with E-state index in [0.717, 1.165) is 17.7 Å². The lowest BCUT2D eigenvalue weighted by atomic mass is 10.1. The molecule has 0 saturated carbocycles. The third-order valence-corrected chi connectivity index (χ3v) is 3.76. The molecule has 0 saturated heterocycles. The Morgan fingerprint density at radius 2 is 1.79 bits per heavy atom. The van der Waals surface area contributed by atoms with Gasteiger partial charge >= 0.3 is 0 Å². The molecule has 2 rings (SSSR count). The molecule has 0 aromatic heterocycles. The molecule has 0 bridgehead atoms. The third-order valence-electron chi connectivity index (χ3n) is 3.76. The van der Waals surface area contributed by atoms with Crippen LogP contribution in [0.5, 0.6) is 5.75 Å². The highest BCUT2D eigenvalue weighted by Gasteiger charge is 2.21. The summed E-state index contributed by atoms with van der Waals surface area (Å²) in [6.07, 6.45) is -0.339. The Labute approximate surface area is 160 Å². The van der Waals surface area contributed by atoms with Crippen molar-refractivity contribution in [3.05, 3.63) is 73.8 Å². The lowest BCUT2D eigenvalue weighted by molar-refractivity contribution is -0.394. The predicted molar refractivity (Wildman–Crippen MR) is 101 cm³/mol. The van der Waals surface area contributed by atoms with Gasteiger partial charge in [-0.2, -0.15) is 5.10 Å². The van der Waals surface area contributed by atoms with E-state index in [2.05, 4.69) is 10.5 Å². The van der Waals surface area contributed by atoms with Gasteiger partial charge in [0.05, 0.1) is 34.7 Å². The van der Waals surface area contributed by atoms with E-state index in [9.17, 15) is 25.0 Å². The highest BCUT2D eigenvalue weighted by molar-refractivity contribution is 5.99. The molecule has 0 atom stereocenters. The Bertz CT molecular complexity index is 924. The molecule has 0 aliphatic rings. The topological polar surface area (TPSA) is 137 Å². The number of carbonyl (C=O) groups is 1. The van der Waals surface area contributed by atoms with E-state index >= 15 is 0 Å². The zero-order chi connectivity index (χ0) is 20.7. The van der Waals surface area contributed by atoms with Crippen molar-refractivity contribution in [3.8, 4) is 5.75 Å². The highest BCUT2D eigenvalue weighted by atomic mass is 16.6. The van der Waals surface area contributed by atoms with Crippen molar-refractivity contribution in [1.29, 1.82) is 0 Å². The lowest BCUT2D eigenvalue weighted by Crippen LogP contribution is -2.21. The summed E-state index contributed by atoms with van der Waals surface area (Å²) in [6.45, 7) is 4.13. The SMILES string of the molecule is CCOc1ccc(C(C)=NNC(=O)Cc2ccc([N+](=O)[O-])cc2[N+](=O)[O-])cc1. The number of nitro groups is 2. The average molecular weight is 386 g/mol. The Hall–Kier alpha value is -3.82. The summed E-state index contributed by atoms with van der Waals surface area (Å²) in [5.41, 5.74) is 2.79. The van der Waals surface area contributed by atoms with Gasteiger partial charge in [0.25, 0.3) is 11.4 Å². The normalized spacial score (nSPS) is 11.0. The van der Waals surface area contributed by atoms with Crippen molar-refractivity contribution in [1.82, 2.24) is 5.43 Å². The molecule has 28 heavy (non-hydrogen) atoms. The molecule has 0 unspecified atom stereocenters. The molecule has 0 radical (unpaired) electrons. The van der Waals surface area contributed by atoms with Gasteiger partial charge in [-0.3, -0.25) is 25.0 Å². The smallest absolute Gasteiger partial charge is 0.279 e. The van der Waals surface area contributed by atoms with Crippen molar-refractivity contribution in [3.63, 3.8) is 0 Å². The first kappa shape index (κ1) is 20.5. The number of carbonyl (C=O) groups excluding carboxylic acids is 1. The van der Waals surface area contributed by atoms with Gasteiger partial charge in [0.1, 0.15) is 5.75 Å². The number of benzene rings is 2. The minimum atomic E-state index is -0.760. The van der Waals surface area contributed by atoms with Crippen LogP contribution in [0.1, 0.15) is 25.0 Å². The Morgan fingerprint density at radius 3 is 2.36 bits per heavy atom. The number of amides is 1. The molecule has 0 spiro atoms. The van der Waals surface area contributed by atoms with Crippen LogP contribution in [0.15, 0.2) is 47.6 Å². The quantitative estimate of drug-likeness (QED) is 0.420. The molecular formula is C18H18N4O6. The summed E-state index contributed by atoms with van der Waals surface area (Å²) in [6, 6.07) is 10.3. The van der Waals surface area contributed by atoms with Crippen molar-refractivity contribution < 1.29 is 19.4 Å². The van der Waals surface area contributed by atoms with Crippen LogP contribution in [0.4, 0.5) is 11.4 Å². The molecule has 0 fully saturated rings. The van der Waals surface area contributed by atoms with E-state index in [1.807, 2.05) is 6.92 Å². The summed E-state index contributed by atoms with van der Waals surface area (Å²) in [7, 11) is 0. The van der Waals surface area contributed by atoms with Gasteiger partial charge in [0.15, 0.2) is 0 Å². The standard InChI is InChI=1S/C18H18N4O6/c1-3-28-16-8-5-13(6-9-16)12(2)19-20-18(23)10-14-4-7-15(21(24)25)11-17(14)22(26)27/h4-9,11H,3,10H2,1-2H3,(H,20,23). The number of non-ortho nitro benzene ring substituents is 1. The summed E-state index contributed by atoms with van der Waals surface area (Å²) >= 11 is 0. The Morgan fingerprint density at radius 1 is 1.11 bits per heavy atom. The fraction of sp³-hybridized carbons (Fsp3) is 0.222. The van der Waals surface area contributed by atoms with Gasteiger partial charge < -0.3 is 4.74 Å². The number of nitrogens with zero attached hydrogens (tertiary/aromatic N) is 3. The van der Waals surface area contributed by atoms with Gasteiger partial charge in [-0.15, -0.1) is 0 Å². The predicted octanol–water partition coefficient (Wildman–Crippen LogP) is 2.98. The first-order chi connectivity index (χ1) is 13.3. The second-order valence-electron chi connectivity index (χ2n) is 5.69. The van der Waals surface area contributed by atoms with Crippen LogP contribution in [0.25, 0.3) is 0 Å². The van der Waals surface area contributed by atoms with Crippen LogP contribution in [0.3, 0.4) is 0 Å². The van der Waals surface area contributed by atoms with Crippen LogP contribution in [0.2, 0.25) is 0 Å². The van der Waals surface area contributed by atoms with Crippen molar-refractivity contribution in [2.75, 3.05) is 6.61 Å². The molecule has 10 nitrogen and oxygen atoms in total. The van der Waals surface area contributed by atoms with Crippen molar-refractivity contribution in [2.45, 2.75) is 20.3 Å². The zero-order valence-corrected chi connectivity index (χ0v) is 15.2. The summed E-state index contributed by atoms with van der Waals surface area (Å²) in [4.78, 5) is 32.5.